The van der Waals surface area contributed by atoms with Gasteiger partial charge in [-0.05, 0) is 6.07 Å². The van der Waals surface area contributed by atoms with Crippen LogP contribution >= 0.6 is 0 Å². The van der Waals surface area contributed by atoms with Crippen LogP contribution in [0.1, 0.15) is 16.1 Å². The fourth-order valence-electron chi connectivity index (χ4n) is 1.95. The maximum atomic E-state index is 11.1. The first kappa shape index (κ1) is 11.3. The second-order valence-corrected chi connectivity index (χ2v) is 4.05. The number of aromatic nitrogens is 4. The molecule has 94 valence electrons. The predicted molar refractivity (Wildman–Crippen MR) is 67.8 cm³/mol. The van der Waals surface area contributed by atoms with E-state index < -0.39 is 5.97 Å². The molecule has 0 amide bonds. The van der Waals surface area contributed by atoms with Crippen LogP contribution in [-0.4, -0.2) is 30.8 Å². The molecule has 3 rings (SSSR count). The lowest BCUT2D eigenvalue weighted by atomic mass is 10.2. The summed E-state index contributed by atoms with van der Waals surface area (Å²) in [4.78, 5) is 18.9. The summed E-state index contributed by atoms with van der Waals surface area (Å²) in [5, 5.41) is 14.4. The zero-order chi connectivity index (χ0) is 13.2. The third-order valence-corrected chi connectivity index (χ3v) is 2.88. The van der Waals surface area contributed by atoms with E-state index in [9.17, 15) is 4.79 Å². The van der Waals surface area contributed by atoms with Crippen LogP contribution in [0.2, 0.25) is 0 Å². The van der Waals surface area contributed by atoms with Gasteiger partial charge in [-0.25, -0.2) is 14.8 Å². The van der Waals surface area contributed by atoms with E-state index in [1.54, 1.807) is 10.9 Å². The van der Waals surface area contributed by atoms with Gasteiger partial charge in [0.05, 0.1) is 24.0 Å². The van der Waals surface area contributed by atoms with Crippen LogP contribution in [0.3, 0.4) is 0 Å². The van der Waals surface area contributed by atoms with Gasteiger partial charge in [-0.1, -0.05) is 18.2 Å². The minimum Gasteiger partial charge on any atom is -0.478 e. The molecule has 0 saturated carbocycles. The molecule has 0 atom stereocenters. The molecule has 3 aromatic rings. The third kappa shape index (κ3) is 2.03. The average Bonchev–Trinajstić information content (AvgIpc) is 2.83. The van der Waals surface area contributed by atoms with Gasteiger partial charge in [0.15, 0.2) is 0 Å². The number of fused-ring (bicyclic) bond motifs is 1. The van der Waals surface area contributed by atoms with Gasteiger partial charge in [-0.2, -0.15) is 5.10 Å². The molecule has 2 heterocycles. The summed E-state index contributed by atoms with van der Waals surface area (Å²) in [6.07, 6.45) is 4.39. The summed E-state index contributed by atoms with van der Waals surface area (Å²) in [7, 11) is 0. The number of carbonyl (C=O) groups is 1. The van der Waals surface area contributed by atoms with Crippen LogP contribution in [0.5, 0.6) is 0 Å². The minimum atomic E-state index is -1.04. The van der Waals surface area contributed by atoms with Gasteiger partial charge in [-0.3, -0.25) is 4.68 Å². The lowest BCUT2D eigenvalue weighted by molar-refractivity contribution is 0.0694. The van der Waals surface area contributed by atoms with Crippen molar-refractivity contribution >= 4 is 16.9 Å². The van der Waals surface area contributed by atoms with Gasteiger partial charge in [0, 0.05) is 11.6 Å². The van der Waals surface area contributed by atoms with Crippen molar-refractivity contribution in [2.75, 3.05) is 0 Å². The molecule has 19 heavy (non-hydrogen) atoms. The van der Waals surface area contributed by atoms with Crippen molar-refractivity contribution in [3.8, 4) is 0 Å². The molecule has 6 nitrogen and oxygen atoms in total. The Balaban J connectivity index is 2.04. The molecule has 0 aliphatic carbocycles. The summed E-state index contributed by atoms with van der Waals surface area (Å²) in [6.45, 7) is 0.303. The van der Waals surface area contributed by atoms with E-state index in [2.05, 4.69) is 15.1 Å². The van der Waals surface area contributed by atoms with Crippen LogP contribution in [-0.2, 0) is 6.54 Å². The van der Waals surface area contributed by atoms with Crippen molar-refractivity contribution in [2.24, 2.45) is 0 Å². The van der Waals surface area contributed by atoms with E-state index in [4.69, 9.17) is 5.11 Å². The van der Waals surface area contributed by atoms with Crippen LogP contribution < -0.4 is 0 Å². The van der Waals surface area contributed by atoms with E-state index >= 15 is 0 Å². The number of carboxylic acids is 1. The smallest absolute Gasteiger partial charge is 0.339 e. The number of hydrogen-bond acceptors (Lipinski definition) is 4. The van der Waals surface area contributed by atoms with Crippen molar-refractivity contribution < 1.29 is 9.90 Å². The summed E-state index contributed by atoms with van der Waals surface area (Å²) in [5.41, 5.74) is 1.48. The number of nitrogens with zero attached hydrogens (tertiary/aromatic N) is 4. The summed E-state index contributed by atoms with van der Waals surface area (Å²) >= 11 is 0. The molecule has 1 N–H and O–H groups in total. The third-order valence-electron chi connectivity index (χ3n) is 2.88. The molecule has 0 unspecified atom stereocenters. The highest BCUT2D eigenvalue weighted by molar-refractivity contribution is 5.88. The van der Waals surface area contributed by atoms with Crippen molar-refractivity contribution in [1.29, 1.82) is 0 Å². The lowest BCUT2D eigenvalue weighted by Gasteiger charge is -2.05. The molecule has 0 saturated heterocycles. The SMILES string of the molecule is O=C(O)c1cncnc1Cn1ncc2ccccc21. The zero-order valence-corrected chi connectivity index (χ0v) is 9.89. The van der Waals surface area contributed by atoms with Crippen LogP contribution in [0.15, 0.2) is 43.0 Å². The van der Waals surface area contributed by atoms with E-state index in [-0.39, 0.29) is 5.56 Å². The predicted octanol–water partition coefficient (Wildman–Crippen LogP) is 1.57. The second kappa shape index (κ2) is 4.49. The number of aromatic carboxylic acids is 1. The first-order valence-corrected chi connectivity index (χ1v) is 5.68. The number of para-hydroxylation sites is 1. The highest BCUT2D eigenvalue weighted by Crippen LogP contribution is 2.15. The molecule has 0 aliphatic rings. The van der Waals surface area contributed by atoms with Crippen LogP contribution in [0.4, 0.5) is 0 Å². The van der Waals surface area contributed by atoms with Crippen LogP contribution in [0, 0.1) is 0 Å². The second-order valence-electron chi connectivity index (χ2n) is 4.05. The first-order chi connectivity index (χ1) is 9.25. The van der Waals surface area contributed by atoms with Crippen molar-refractivity contribution in [3.05, 3.63) is 54.2 Å². The Morgan fingerprint density at radius 3 is 2.95 bits per heavy atom. The maximum Gasteiger partial charge on any atom is 0.339 e. The molecule has 0 aliphatic heterocycles. The van der Waals surface area contributed by atoms with Gasteiger partial charge >= 0.3 is 5.97 Å². The molecule has 0 spiro atoms. The topological polar surface area (TPSA) is 80.9 Å². The van der Waals surface area contributed by atoms with Gasteiger partial charge in [0.1, 0.15) is 11.9 Å². The Bertz CT molecular complexity index is 751. The molecular formula is C13H10N4O2. The largest absolute Gasteiger partial charge is 0.478 e. The number of rotatable bonds is 3. The molecule has 1 aromatic carbocycles. The number of benzene rings is 1. The van der Waals surface area contributed by atoms with Gasteiger partial charge in [0.25, 0.3) is 0 Å². The first-order valence-electron chi connectivity index (χ1n) is 5.68. The Kier molecular flexibility index (Phi) is 2.68. The van der Waals surface area contributed by atoms with Gasteiger partial charge < -0.3 is 5.11 Å². The minimum absolute atomic E-state index is 0.0991. The Hall–Kier alpha value is -2.76. The highest BCUT2D eigenvalue weighted by Gasteiger charge is 2.13. The maximum absolute atomic E-state index is 11.1. The van der Waals surface area contributed by atoms with Crippen molar-refractivity contribution in [1.82, 2.24) is 19.7 Å². The quantitative estimate of drug-likeness (QED) is 0.767. The molecule has 0 radical (unpaired) electrons. The molecule has 6 heteroatoms. The number of hydrogen-bond donors (Lipinski definition) is 1. The summed E-state index contributed by atoms with van der Waals surface area (Å²) in [6, 6.07) is 7.74. The van der Waals surface area contributed by atoms with Crippen LogP contribution in [0.25, 0.3) is 10.9 Å². The normalized spacial score (nSPS) is 10.7. The Morgan fingerprint density at radius 2 is 2.11 bits per heavy atom. The van der Waals surface area contributed by atoms with Gasteiger partial charge in [0.2, 0.25) is 0 Å². The fraction of sp³-hybridized carbons (Fsp3) is 0.0769. The molecule has 0 fully saturated rings. The standard InChI is InChI=1S/C13H10N4O2/c18-13(19)10-6-14-8-15-11(10)7-17-12-4-2-1-3-9(12)5-16-17/h1-6,8H,7H2,(H,18,19). The Labute approximate surface area is 108 Å². The van der Waals surface area contributed by atoms with E-state index in [1.165, 1.54) is 12.5 Å². The van der Waals surface area contributed by atoms with Gasteiger partial charge in [-0.15, -0.1) is 0 Å². The van der Waals surface area contributed by atoms with E-state index in [0.717, 1.165) is 10.9 Å². The average molecular weight is 254 g/mol. The van der Waals surface area contributed by atoms with E-state index in [1.807, 2.05) is 24.3 Å². The molecular weight excluding hydrogens is 244 g/mol. The zero-order valence-electron chi connectivity index (χ0n) is 9.89. The molecule has 0 bridgehead atoms. The fourth-order valence-corrected chi connectivity index (χ4v) is 1.95. The molecule has 2 aromatic heterocycles. The summed E-state index contributed by atoms with van der Waals surface area (Å²) < 4.78 is 1.73. The summed E-state index contributed by atoms with van der Waals surface area (Å²) in [5.74, 6) is -1.04. The Morgan fingerprint density at radius 1 is 1.26 bits per heavy atom. The monoisotopic (exact) mass is 254 g/mol. The van der Waals surface area contributed by atoms with Crippen molar-refractivity contribution in [3.63, 3.8) is 0 Å². The highest BCUT2D eigenvalue weighted by atomic mass is 16.4. The lowest BCUT2D eigenvalue weighted by Crippen LogP contribution is -2.10. The van der Waals surface area contributed by atoms with Crippen molar-refractivity contribution in [2.45, 2.75) is 6.54 Å². The number of carboxylic acid groups (broad SMARTS) is 1. The van der Waals surface area contributed by atoms with E-state index in [0.29, 0.717) is 12.2 Å².